The van der Waals surface area contributed by atoms with Gasteiger partial charge in [0.1, 0.15) is 23.7 Å². The summed E-state index contributed by atoms with van der Waals surface area (Å²) in [5.74, 6) is 1.20. The highest BCUT2D eigenvalue weighted by molar-refractivity contribution is 6.07. The number of rotatable bonds is 7. The van der Waals surface area contributed by atoms with E-state index in [2.05, 4.69) is 5.32 Å². The van der Waals surface area contributed by atoms with Crippen molar-refractivity contribution < 1.29 is 18.7 Å². The van der Waals surface area contributed by atoms with E-state index in [1.165, 1.54) is 0 Å². The minimum atomic E-state index is -0.361. The lowest BCUT2D eigenvalue weighted by Crippen LogP contribution is -2.40. The first-order valence-corrected chi connectivity index (χ1v) is 10.9. The standard InChI is InChI=1S/C26H25N3O4/c1-28-21-8-4-3-7-20(21)23-24(17-9-11-18(32-2)12-10-17)29(26(31)25(23)28)16-22(30)27-14-13-19-6-5-15-33-19/h3-12,15,24H,13-14,16H2,1-2H3,(H,27,30). The molecule has 0 radical (unpaired) electrons. The number of benzene rings is 2. The summed E-state index contributed by atoms with van der Waals surface area (Å²) in [5.41, 5.74) is 3.49. The lowest BCUT2D eigenvalue weighted by molar-refractivity contribution is -0.122. The highest BCUT2D eigenvalue weighted by Gasteiger charge is 2.42. The van der Waals surface area contributed by atoms with Crippen LogP contribution in [0.1, 0.15) is 33.4 Å². The number of nitrogens with zero attached hydrogens (tertiary/aromatic N) is 2. The Morgan fingerprint density at radius 2 is 1.88 bits per heavy atom. The Bertz CT molecular complexity index is 1310. The van der Waals surface area contributed by atoms with E-state index in [0.717, 1.165) is 33.5 Å². The predicted octanol–water partition coefficient (Wildman–Crippen LogP) is 3.68. The van der Waals surface area contributed by atoms with Gasteiger partial charge in [-0.2, -0.15) is 0 Å². The number of aryl methyl sites for hydroxylation is 1. The van der Waals surface area contributed by atoms with Crippen molar-refractivity contribution in [3.8, 4) is 5.75 Å². The molecule has 0 spiro atoms. The number of carbonyl (C=O) groups is 2. The van der Waals surface area contributed by atoms with Crippen molar-refractivity contribution in [2.75, 3.05) is 20.2 Å². The van der Waals surface area contributed by atoms with Crippen LogP contribution in [0.5, 0.6) is 5.75 Å². The molecule has 0 aliphatic carbocycles. The summed E-state index contributed by atoms with van der Waals surface area (Å²) in [5, 5.41) is 3.93. The van der Waals surface area contributed by atoms with Crippen LogP contribution in [0, 0.1) is 0 Å². The maximum atomic E-state index is 13.6. The van der Waals surface area contributed by atoms with Gasteiger partial charge in [-0.25, -0.2) is 0 Å². The molecule has 2 aromatic heterocycles. The lowest BCUT2D eigenvalue weighted by atomic mass is 9.98. The molecule has 2 amide bonds. The lowest BCUT2D eigenvalue weighted by Gasteiger charge is -2.26. The SMILES string of the molecule is COc1ccc(C2c3c(n(C)c4ccccc34)C(=O)N2CC(=O)NCCc2ccco2)cc1. The van der Waals surface area contributed by atoms with Crippen LogP contribution >= 0.6 is 0 Å². The van der Waals surface area contributed by atoms with Crippen molar-refractivity contribution in [3.05, 3.63) is 89.5 Å². The minimum Gasteiger partial charge on any atom is -0.497 e. The number of para-hydroxylation sites is 1. The first kappa shape index (κ1) is 20.9. The summed E-state index contributed by atoms with van der Waals surface area (Å²) < 4.78 is 12.6. The van der Waals surface area contributed by atoms with Gasteiger partial charge in [-0.1, -0.05) is 30.3 Å². The summed E-state index contributed by atoms with van der Waals surface area (Å²) in [6, 6.07) is 19.0. The number of hydrogen-bond acceptors (Lipinski definition) is 4. The normalized spacial score (nSPS) is 15.2. The fraction of sp³-hybridized carbons (Fsp3) is 0.231. The second-order valence-corrected chi connectivity index (χ2v) is 8.13. The van der Waals surface area contributed by atoms with Gasteiger partial charge in [-0.3, -0.25) is 9.59 Å². The molecule has 7 heteroatoms. The molecular formula is C26H25N3O4. The highest BCUT2D eigenvalue weighted by Crippen LogP contribution is 2.43. The summed E-state index contributed by atoms with van der Waals surface area (Å²) in [7, 11) is 3.52. The molecule has 7 nitrogen and oxygen atoms in total. The minimum absolute atomic E-state index is 0.0311. The van der Waals surface area contributed by atoms with Crippen molar-refractivity contribution in [3.63, 3.8) is 0 Å². The first-order chi connectivity index (χ1) is 16.1. The van der Waals surface area contributed by atoms with Crippen LogP contribution < -0.4 is 10.1 Å². The van der Waals surface area contributed by atoms with Gasteiger partial charge in [0.2, 0.25) is 5.91 Å². The number of furan rings is 1. The van der Waals surface area contributed by atoms with Crippen LogP contribution in [0.25, 0.3) is 10.9 Å². The number of fused-ring (bicyclic) bond motifs is 3. The Hall–Kier alpha value is -4.00. The molecule has 0 saturated heterocycles. The van der Waals surface area contributed by atoms with Crippen molar-refractivity contribution in [1.29, 1.82) is 0 Å². The fourth-order valence-electron chi connectivity index (χ4n) is 4.65. The Balaban J connectivity index is 1.47. The molecule has 33 heavy (non-hydrogen) atoms. The van der Waals surface area contributed by atoms with Gasteiger partial charge in [0.05, 0.1) is 19.4 Å². The van der Waals surface area contributed by atoms with Gasteiger partial charge in [0.15, 0.2) is 0 Å². The molecule has 4 aromatic rings. The molecule has 0 fully saturated rings. The van der Waals surface area contributed by atoms with E-state index in [0.29, 0.717) is 18.7 Å². The summed E-state index contributed by atoms with van der Waals surface area (Å²) >= 11 is 0. The topological polar surface area (TPSA) is 76.7 Å². The largest absolute Gasteiger partial charge is 0.497 e. The van der Waals surface area contributed by atoms with E-state index >= 15 is 0 Å². The number of ether oxygens (including phenoxy) is 1. The fourth-order valence-corrected chi connectivity index (χ4v) is 4.65. The third-order valence-electron chi connectivity index (χ3n) is 6.21. The van der Waals surface area contributed by atoms with Crippen LogP contribution in [0.2, 0.25) is 0 Å². The predicted molar refractivity (Wildman–Crippen MR) is 124 cm³/mol. The summed E-state index contributed by atoms with van der Waals surface area (Å²) in [6.45, 7) is 0.411. The average Bonchev–Trinajstić information content (AvgIpc) is 3.52. The molecule has 1 atom stereocenters. The van der Waals surface area contributed by atoms with E-state index in [4.69, 9.17) is 9.15 Å². The number of carbonyl (C=O) groups excluding carboxylic acids is 2. The van der Waals surface area contributed by atoms with E-state index in [1.807, 2.05) is 72.3 Å². The first-order valence-electron chi connectivity index (χ1n) is 10.9. The molecule has 1 aliphatic rings. The number of nitrogens with one attached hydrogen (secondary N) is 1. The molecule has 3 heterocycles. The van der Waals surface area contributed by atoms with Crippen molar-refractivity contribution >= 4 is 22.7 Å². The molecule has 2 aromatic carbocycles. The number of hydrogen-bond donors (Lipinski definition) is 1. The molecule has 1 N–H and O–H groups in total. The summed E-state index contributed by atoms with van der Waals surface area (Å²) in [4.78, 5) is 28.0. The molecule has 168 valence electrons. The Kier molecular flexibility index (Phi) is 5.38. The Morgan fingerprint density at radius 1 is 1.09 bits per heavy atom. The van der Waals surface area contributed by atoms with Crippen LogP contribution in [0.3, 0.4) is 0 Å². The maximum absolute atomic E-state index is 13.6. The number of amides is 2. The zero-order valence-corrected chi connectivity index (χ0v) is 18.6. The van der Waals surface area contributed by atoms with E-state index in [1.54, 1.807) is 18.3 Å². The quantitative estimate of drug-likeness (QED) is 0.473. The Morgan fingerprint density at radius 3 is 2.61 bits per heavy atom. The van der Waals surface area contributed by atoms with Gasteiger partial charge in [-0.15, -0.1) is 0 Å². The van der Waals surface area contributed by atoms with Crippen LogP contribution in [0.4, 0.5) is 0 Å². The molecular weight excluding hydrogens is 418 g/mol. The zero-order valence-electron chi connectivity index (χ0n) is 18.6. The van der Waals surface area contributed by atoms with Gasteiger partial charge in [-0.05, 0) is 35.9 Å². The summed E-state index contributed by atoms with van der Waals surface area (Å²) in [6.07, 6.45) is 2.21. The van der Waals surface area contributed by atoms with Crippen LogP contribution in [-0.2, 0) is 18.3 Å². The second kappa shape index (κ2) is 8.50. The number of aromatic nitrogens is 1. The third-order valence-corrected chi connectivity index (χ3v) is 6.21. The van der Waals surface area contributed by atoms with E-state index < -0.39 is 0 Å². The smallest absolute Gasteiger partial charge is 0.272 e. The molecule has 0 bridgehead atoms. The highest BCUT2D eigenvalue weighted by atomic mass is 16.5. The van der Waals surface area contributed by atoms with Crippen LogP contribution in [-0.4, -0.2) is 41.5 Å². The van der Waals surface area contributed by atoms with Crippen LogP contribution in [0.15, 0.2) is 71.3 Å². The monoisotopic (exact) mass is 443 g/mol. The van der Waals surface area contributed by atoms with Crippen molar-refractivity contribution in [2.24, 2.45) is 7.05 Å². The average molecular weight is 444 g/mol. The van der Waals surface area contributed by atoms with E-state index in [-0.39, 0.29) is 24.4 Å². The van der Waals surface area contributed by atoms with Gasteiger partial charge in [0, 0.05) is 36.5 Å². The Labute approximate surface area is 191 Å². The molecule has 5 rings (SSSR count). The van der Waals surface area contributed by atoms with E-state index in [9.17, 15) is 9.59 Å². The van der Waals surface area contributed by atoms with Crippen molar-refractivity contribution in [1.82, 2.24) is 14.8 Å². The van der Waals surface area contributed by atoms with Gasteiger partial charge >= 0.3 is 0 Å². The molecule has 1 aliphatic heterocycles. The van der Waals surface area contributed by atoms with Crippen molar-refractivity contribution in [2.45, 2.75) is 12.5 Å². The van der Waals surface area contributed by atoms with Gasteiger partial charge < -0.3 is 23.9 Å². The zero-order chi connectivity index (χ0) is 22.9. The molecule has 1 unspecified atom stereocenters. The third kappa shape index (κ3) is 3.65. The second-order valence-electron chi connectivity index (χ2n) is 8.13. The number of methoxy groups -OCH3 is 1. The molecule has 0 saturated carbocycles. The maximum Gasteiger partial charge on any atom is 0.272 e. The van der Waals surface area contributed by atoms with Gasteiger partial charge in [0.25, 0.3) is 5.91 Å².